The molecule has 2 heterocycles. The molecule has 3 aromatic carbocycles. The van der Waals surface area contributed by atoms with E-state index >= 15 is 0 Å². The van der Waals surface area contributed by atoms with Crippen LogP contribution in [0.4, 0.5) is 0 Å². The number of hydrogen-bond acceptors (Lipinski definition) is 5. The van der Waals surface area contributed by atoms with Gasteiger partial charge in [-0.1, -0.05) is 44.2 Å². The van der Waals surface area contributed by atoms with Gasteiger partial charge in [0, 0.05) is 18.4 Å². The van der Waals surface area contributed by atoms with E-state index in [2.05, 4.69) is 68.2 Å². The van der Waals surface area contributed by atoms with Crippen LogP contribution >= 0.6 is 11.3 Å². The Hall–Kier alpha value is -2.89. The van der Waals surface area contributed by atoms with E-state index in [-0.39, 0.29) is 6.10 Å². The second-order valence-corrected chi connectivity index (χ2v) is 10.3. The van der Waals surface area contributed by atoms with Crippen molar-refractivity contribution in [3.8, 4) is 11.5 Å². The van der Waals surface area contributed by atoms with Crippen LogP contribution in [0.15, 0.2) is 60.7 Å². The molecule has 4 aromatic rings. The van der Waals surface area contributed by atoms with E-state index in [1.807, 2.05) is 18.2 Å². The van der Waals surface area contributed by atoms with Crippen LogP contribution in [0.3, 0.4) is 0 Å². The normalized spacial score (nSPS) is 17.7. The average molecular weight is 460 g/mol. The van der Waals surface area contributed by atoms with Crippen molar-refractivity contribution in [2.75, 3.05) is 0 Å². The van der Waals surface area contributed by atoms with Crippen LogP contribution in [0.1, 0.15) is 47.0 Å². The summed E-state index contributed by atoms with van der Waals surface area (Å²) >= 11 is 1.66. The molecule has 1 aromatic heterocycles. The third kappa shape index (κ3) is 4.90. The van der Waals surface area contributed by atoms with Crippen molar-refractivity contribution in [3.63, 3.8) is 0 Å². The van der Waals surface area contributed by atoms with Gasteiger partial charge in [0.05, 0.1) is 16.3 Å². The summed E-state index contributed by atoms with van der Waals surface area (Å²) in [6.45, 7) is 6.90. The summed E-state index contributed by atoms with van der Waals surface area (Å²) in [5.41, 5.74) is 5.73. The lowest BCUT2D eigenvalue weighted by Gasteiger charge is -2.31. The van der Waals surface area contributed by atoms with Crippen LogP contribution in [0, 0.1) is 6.92 Å². The highest BCUT2D eigenvalue weighted by Crippen LogP contribution is 2.33. The Morgan fingerprint density at radius 1 is 1.12 bits per heavy atom. The number of nitrogens with zero attached hydrogens (tertiary/aromatic N) is 1. The summed E-state index contributed by atoms with van der Waals surface area (Å²) in [6.07, 6.45) is 0.443. The van der Waals surface area contributed by atoms with Crippen LogP contribution in [0.25, 0.3) is 10.2 Å². The molecule has 2 unspecified atom stereocenters. The maximum absolute atomic E-state index is 10.8. The first-order valence-electron chi connectivity index (χ1n) is 11.5. The van der Waals surface area contributed by atoms with Gasteiger partial charge in [0.15, 0.2) is 0 Å². The number of ether oxygens (including phenoxy) is 2. The molecular weight excluding hydrogens is 430 g/mol. The SMILES string of the molecule is Cc1ccc2nc(COc3ccc4c(c3)CC(O)C(Cc3cccc(C(C)C)c3)O4)sc2c1. The molecule has 170 valence electrons. The standard InChI is InChI=1S/C28H29NO3S/c1-17(2)20-6-4-5-19(12-20)13-26-24(30)15-21-14-22(8-10-25(21)32-26)31-16-28-29-23-9-7-18(3)11-27(23)33-28/h4-12,14,17,24,26,30H,13,15-16H2,1-3H3. The molecule has 0 saturated heterocycles. The molecule has 0 amide bonds. The van der Waals surface area contributed by atoms with Gasteiger partial charge in [0.2, 0.25) is 0 Å². The number of aliphatic hydroxyl groups is 1. The number of aryl methyl sites for hydroxylation is 1. The Bertz CT molecular complexity index is 1280. The molecule has 33 heavy (non-hydrogen) atoms. The minimum atomic E-state index is -0.553. The first kappa shape index (κ1) is 21.9. The second kappa shape index (κ2) is 9.16. The Labute approximate surface area is 198 Å². The van der Waals surface area contributed by atoms with Gasteiger partial charge in [-0.3, -0.25) is 0 Å². The predicted molar refractivity (Wildman–Crippen MR) is 133 cm³/mol. The highest BCUT2D eigenvalue weighted by molar-refractivity contribution is 7.18. The lowest BCUT2D eigenvalue weighted by atomic mass is 9.93. The fourth-order valence-electron chi connectivity index (χ4n) is 4.29. The fourth-order valence-corrected chi connectivity index (χ4v) is 5.27. The highest BCUT2D eigenvalue weighted by atomic mass is 32.1. The van der Waals surface area contributed by atoms with E-state index in [4.69, 9.17) is 9.47 Å². The van der Waals surface area contributed by atoms with E-state index in [0.29, 0.717) is 25.4 Å². The van der Waals surface area contributed by atoms with Crippen LogP contribution in [-0.4, -0.2) is 22.3 Å². The van der Waals surface area contributed by atoms with E-state index in [1.54, 1.807) is 11.3 Å². The first-order valence-corrected chi connectivity index (χ1v) is 12.3. The maximum Gasteiger partial charge on any atom is 0.140 e. The molecule has 1 aliphatic heterocycles. The van der Waals surface area contributed by atoms with Crippen LogP contribution in [0.5, 0.6) is 11.5 Å². The smallest absolute Gasteiger partial charge is 0.140 e. The predicted octanol–water partition coefficient (Wildman–Crippen LogP) is 6.21. The van der Waals surface area contributed by atoms with Gasteiger partial charge in [-0.2, -0.15) is 0 Å². The van der Waals surface area contributed by atoms with Crippen LogP contribution < -0.4 is 9.47 Å². The number of fused-ring (bicyclic) bond motifs is 2. The molecule has 4 nitrogen and oxygen atoms in total. The Balaban J connectivity index is 1.25. The molecular formula is C28H29NO3S. The number of benzene rings is 3. The van der Waals surface area contributed by atoms with Crippen molar-refractivity contribution in [2.24, 2.45) is 0 Å². The maximum atomic E-state index is 10.8. The van der Waals surface area contributed by atoms with Crippen molar-refractivity contribution in [3.05, 3.63) is 87.9 Å². The van der Waals surface area contributed by atoms with Gasteiger partial charge in [-0.15, -0.1) is 11.3 Å². The van der Waals surface area contributed by atoms with E-state index in [1.165, 1.54) is 21.4 Å². The average Bonchev–Trinajstić information content (AvgIpc) is 3.20. The molecule has 0 aliphatic carbocycles. The summed E-state index contributed by atoms with van der Waals surface area (Å²) in [7, 11) is 0. The minimum Gasteiger partial charge on any atom is -0.487 e. The zero-order valence-corrected chi connectivity index (χ0v) is 20.1. The molecule has 2 atom stereocenters. The fraction of sp³-hybridized carbons (Fsp3) is 0.321. The largest absolute Gasteiger partial charge is 0.487 e. The van der Waals surface area contributed by atoms with Gasteiger partial charge >= 0.3 is 0 Å². The summed E-state index contributed by atoms with van der Waals surface area (Å²) in [5.74, 6) is 2.07. The van der Waals surface area contributed by atoms with Crippen molar-refractivity contribution in [2.45, 2.75) is 58.3 Å². The highest BCUT2D eigenvalue weighted by Gasteiger charge is 2.29. The van der Waals surface area contributed by atoms with Crippen molar-refractivity contribution in [1.29, 1.82) is 0 Å². The quantitative estimate of drug-likeness (QED) is 0.372. The van der Waals surface area contributed by atoms with Gasteiger partial charge in [-0.05, 0) is 59.9 Å². The number of rotatable bonds is 6. The summed E-state index contributed by atoms with van der Waals surface area (Å²) in [6, 6.07) is 20.7. The topological polar surface area (TPSA) is 51.6 Å². The van der Waals surface area contributed by atoms with Crippen molar-refractivity contribution in [1.82, 2.24) is 4.98 Å². The van der Waals surface area contributed by atoms with E-state index in [9.17, 15) is 5.11 Å². The summed E-state index contributed by atoms with van der Waals surface area (Å²) in [4.78, 5) is 4.66. The zero-order valence-electron chi connectivity index (χ0n) is 19.2. The summed E-state index contributed by atoms with van der Waals surface area (Å²) < 4.78 is 13.4. The van der Waals surface area contributed by atoms with Gasteiger partial charge in [0.25, 0.3) is 0 Å². The molecule has 0 saturated carbocycles. The number of aliphatic hydroxyl groups excluding tert-OH is 1. The zero-order chi connectivity index (χ0) is 22.9. The molecule has 1 aliphatic rings. The third-order valence-corrected chi connectivity index (χ3v) is 7.17. The number of thiazole rings is 1. The Morgan fingerprint density at radius 2 is 2.00 bits per heavy atom. The molecule has 0 bridgehead atoms. The molecule has 5 heteroatoms. The molecule has 1 N–H and O–H groups in total. The second-order valence-electron chi connectivity index (χ2n) is 9.17. The third-order valence-electron chi connectivity index (χ3n) is 6.17. The Morgan fingerprint density at radius 3 is 2.85 bits per heavy atom. The minimum absolute atomic E-state index is 0.252. The number of hydrogen-bond donors (Lipinski definition) is 1. The summed E-state index contributed by atoms with van der Waals surface area (Å²) in [5, 5.41) is 11.7. The number of aromatic nitrogens is 1. The lowest BCUT2D eigenvalue weighted by molar-refractivity contribution is 0.0221. The first-order chi connectivity index (χ1) is 15.9. The molecule has 0 fully saturated rings. The monoisotopic (exact) mass is 459 g/mol. The van der Waals surface area contributed by atoms with Crippen LogP contribution in [0.2, 0.25) is 0 Å². The van der Waals surface area contributed by atoms with Crippen molar-refractivity contribution < 1.29 is 14.6 Å². The lowest BCUT2D eigenvalue weighted by Crippen LogP contribution is -2.39. The molecule has 0 spiro atoms. The van der Waals surface area contributed by atoms with Gasteiger partial charge in [-0.25, -0.2) is 4.98 Å². The van der Waals surface area contributed by atoms with Crippen LogP contribution in [-0.2, 0) is 19.4 Å². The van der Waals surface area contributed by atoms with Crippen molar-refractivity contribution >= 4 is 21.6 Å². The molecule has 5 rings (SSSR count). The van der Waals surface area contributed by atoms with Gasteiger partial charge < -0.3 is 14.6 Å². The Kier molecular flexibility index (Phi) is 6.09. The molecule has 0 radical (unpaired) electrons. The van der Waals surface area contributed by atoms with E-state index in [0.717, 1.165) is 27.6 Å². The van der Waals surface area contributed by atoms with E-state index < -0.39 is 6.10 Å². The van der Waals surface area contributed by atoms with Gasteiger partial charge in [0.1, 0.15) is 29.2 Å².